The molecule has 1 heterocycles. The van der Waals surface area contributed by atoms with Crippen LogP contribution in [0.3, 0.4) is 0 Å². The first kappa shape index (κ1) is 17.5. The van der Waals surface area contributed by atoms with Crippen molar-refractivity contribution < 1.29 is 21.6 Å². The molecule has 0 bridgehead atoms. The summed E-state index contributed by atoms with van der Waals surface area (Å²) in [5.74, 6) is 0.209. The summed E-state index contributed by atoms with van der Waals surface area (Å²) in [5.41, 5.74) is -0.680. The number of benzene rings is 2. The van der Waals surface area contributed by atoms with Gasteiger partial charge in [-0.25, -0.2) is 17.7 Å². The highest BCUT2D eigenvalue weighted by atomic mass is 32.2. The Hall–Kier alpha value is -2.35. The zero-order valence-corrected chi connectivity index (χ0v) is 14.1. The molecule has 0 atom stereocenters. The van der Waals surface area contributed by atoms with Crippen LogP contribution < -0.4 is 4.31 Å². The average Bonchev–Trinajstić information content (AvgIpc) is 2.54. The molecule has 8 heteroatoms. The van der Waals surface area contributed by atoms with Crippen LogP contribution in [0.1, 0.15) is 25.3 Å². The molecule has 0 unspecified atom stereocenters. The second kappa shape index (κ2) is 6.18. The van der Waals surface area contributed by atoms with E-state index in [2.05, 4.69) is 4.99 Å². The van der Waals surface area contributed by atoms with Gasteiger partial charge in [-0.15, -0.1) is 0 Å². The van der Waals surface area contributed by atoms with E-state index >= 15 is 0 Å². The van der Waals surface area contributed by atoms with E-state index in [0.717, 1.165) is 16.4 Å². The number of aliphatic imine (C=N–C) groups is 1. The smallest absolute Gasteiger partial charge is 0.233 e. The lowest BCUT2D eigenvalue weighted by Gasteiger charge is -2.30. The Morgan fingerprint density at radius 3 is 2.48 bits per heavy atom. The number of alkyl halides is 3. The molecule has 2 aromatic rings. The summed E-state index contributed by atoms with van der Waals surface area (Å²) in [4.78, 5) is 4.34. The van der Waals surface area contributed by atoms with E-state index in [0.29, 0.717) is 18.5 Å². The Morgan fingerprint density at radius 2 is 1.80 bits per heavy atom. The van der Waals surface area contributed by atoms with Gasteiger partial charge in [0.2, 0.25) is 0 Å². The van der Waals surface area contributed by atoms with Crippen LogP contribution in [0.2, 0.25) is 0 Å². The number of fused-ring (bicyclic) bond motifs is 1. The third-order valence-electron chi connectivity index (χ3n) is 3.75. The number of halogens is 3. The van der Waals surface area contributed by atoms with Gasteiger partial charge in [-0.05, 0) is 36.8 Å². The largest absolute Gasteiger partial charge is 0.416 e. The minimum Gasteiger partial charge on any atom is -0.233 e. The SMILES string of the molecule is CCCC1=Nc2ccccc2S(=O)(=O)N1c1cccc(C(F)(F)F)c1. The van der Waals surface area contributed by atoms with Crippen molar-refractivity contribution in [3.05, 3.63) is 54.1 Å². The lowest BCUT2D eigenvalue weighted by molar-refractivity contribution is -0.137. The molecule has 0 aromatic heterocycles. The molecule has 3 rings (SSSR count). The van der Waals surface area contributed by atoms with E-state index in [-0.39, 0.29) is 16.4 Å². The van der Waals surface area contributed by atoms with Crippen LogP contribution in [0.5, 0.6) is 0 Å². The molecule has 0 aliphatic carbocycles. The fourth-order valence-electron chi connectivity index (χ4n) is 2.67. The third-order valence-corrected chi connectivity index (χ3v) is 5.55. The highest BCUT2D eigenvalue weighted by Crippen LogP contribution is 2.38. The second-order valence-corrected chi connectivity index (χ2v) is 7.32. The van der Waals surface area contributed by atoms with Crippen LogP contribution >= 0.6 is 0 Å². The number of hydrogen-bond acceptors (Lipinski definition) is 3. The van der Waals surface area contributed by atoms with Gasteiger partial charge in [0.05, 0.1) is 16.9 Å². The van der Waals surface area contributed by atoms with E-state index in [9.17, 15) is 21.6 Å². The van der Waals surface area contributed by atoms with Crippen molar-refractivity contribution in [2.75, 3.05) is 4.31 Å². The Bertz CT molecular complexity index is 937. The van der Waals surface area contributed by atoms with Crippen LogP contribution in [0.4, 0.5) is 24.5 Å². The molecule has 1 aliphatic rings. The van der Waals surface area contributed by atoms with Crippen molar-refractivity contribution in [3.63, 3.8) is 0 Å². The Kier molecular flexibility index (Phi) is 4.32. The summed E-state index contributed by atoms with van der Waals surface area (Å²) in [5, 5.41) is 0. The molecule has 0 saturated heterocycles. The normalized spacial score (nSPS) is 16.3. The predicted molar refractivity (Wildman–Crippen MR) is 89.6 cm³/mol. The molecule has 0 N–H and O–H groups in total. The molecule has 25 heavy (non-hydrogen) atoms. The molecule has 2 aromatic carbocycles. The molecular formula is C17H15F3N2O2S. The van der Waals surface area contributed by atoms with Crippen molar-refractivity contribution in [2.45, 2.75) is 30.8 Å². The van der Waals surface area contributed by atoms with Gasteiger partial charge in [-0.2, -0.15) is 13.2 Å². The van der Waals surface area contributed by atoms with E-state index in [1.807, 2.05) is 6.92 Å². The van der Waals surface area contributed by atoms with Crippen LogP contribution in [0.25, 0.3) is 0 Å². The molecule has 0 amide bonds. The van der Waals surface area contributed by atoms with E-state index in [1.54, 1.807) is 18.2 Å². The Balaban J connectivity index is 2.21. The maximum absolute atomic E-state index is 13.0. The first-order valence-corrected chi connectivity index (χ1v) is 9.08. The Labute approximate surface area is 143 Å². The molecule has 0 saturated carbocycles. The van der Waals surface area contributed by atoms with Gasteiger partial charge >= 0.3 is 6.18 Å². The van der Waals surface area contributed by atoms with Gasteiger partial charge in [0.25, 0.3) is 10.0 Å². The fourth-order valence-corrected chi connectivity index (χ4v) is 4.29. The number of hydrogen-bond donors (Lipinski definition) is 0. The predicted octanol–water partition coefficient (Wildman–Crippen LogP) is 4.74. The number of rotatable bonds is 3. The minimum absolute atomic E-state index is 0.0211. The molecule has 132 valence electrons. The van der Waals surface area contributed by atoms with Crippen molar-refractivity contribution >= 4 is 27.2 Å². The summed E-state index contributed by atoms with van der Waals surface area (Å²) in [6.45, 7) is 1.85. The van der Waals surface area contributed by atoms with Crippen LogP contribution in [0, 0.1) is 0 Å². The van der Waals surface area contributed by atoms with Gasteiger partial charge in [0.15, 0.2) is 0 Å². The maximum Gasteiger partial charge on any atom is 0.416 e. The average molecular weight is 368 g/mol. The quantitative estimate of drug-likeness (QED) is 0.785. The van der Waals surface area contributed by atoms with Gasteiger partial charge in [-0.1, -0.05) is 25.1 Å². The topological polar surface area (TPSA) is 49.7 Å². The molecule has 0 fully saturated rings. The number of sulfonamides is 1. The molecular weight excluding hydrogens is 353 g/mol. The molecule has 0 spiro atoms. The van der Waals surface area contributed by atoms with Gasteiger partial charge < -0.3 is 0 Å². The van der Waals surface area contributed by atoms with Crippen molar-refractivity contribution in [1.29, 1.82) is 0 Å². The molecule has 0 radical (unpaired) electrons. The number of para-hydroxylation sites is 1. The summed E-state index contributed by atoms with van der Waals surface area (Å²) in [7, 11) is -4.03. The van der Waals surface area contributed by atoms with Crippen molar-refractivity contribution in [1.82, 2.24) is 0 Å². The monoisotopic (exact) mass is 368 g/mol. The molecule has 4 nitrogen and oxygen atoms in total. The van der Waals surface area contributed by atoms with Gasteiger partial charge in [-0.3, -0.25) is 0 Å². The zero-order chi connectivity index (χ0) is 18.2. The van der Waals surface area contributed by atoms with Crippen LogP contribution in [0.15, 0.2) is 58.4 Å². The fraction of sp³-hybridized carbons (Fsp3) is 0.235. The summed E-state index contributed by atoms with van der Waals surface area (Å²) >= 11 is 0. The van der Waals surface area contributed by atoms with Crippen LogP contribution in [-0.2, 0) is 16.2 Å². The minimum atomic E-state index is -4.56. The summed E-state index contributed by atoms with van der Waals surface area (Å²) in [6, 6.07) is 10.5. The first-order valence-electron chi connectivity index (χ1n) is 7.64. The summed E-state index contributed by atoms with van der Waals surface area (Å²) < 4.78 is 66.0. The zero-order valence-electron chi connectivity index (χ0n) is 13.3. The van der Waals surface area contributed by atoms with E-state index in [1.165, 1.54) is 18.2 Å². The maximum atomic E-state index is 13.0. The third kappa shape index (κ3) is 3.13. The standard InChI is InChI=1S/C17H15F3N2O2S/c1-2-6-16-21-14-9-3-4-10-15(14)25(23,24)22(16)13-8-5-7-12(11-13)17(18,19)20/h3-5,7-11H,2,6H2,1H3. The lowest BCUT2D eigenvalue weighted by atomic mass is 10.2. The van der Waals surface area contributed by atoms with Gasteiger partial charge in [0, 0.05) is 6.42 Å². The highest BCUT2D eigenvalue weighted by molar-refractivity contribution is 7.93. The molecule has 1 aliphatic heterocycles. The number of nitrogens with zero attached hydrogens (tertiary/aromatic N) is 2. The number of amidine groups is 1. The number of anilines is 1. The first-order chi connectivity index (χ1) is 11.7. The van der Waals surface area contributed by atoms with Crippen LogP contribution in [-0.4, -0.2) is 14.3 Å². The van der Waals surface area contributed by atoms with E-state index in [4.69, 9.17) is 0 Å². The van der Waals surface area contributed by atoms with Crippen molar-refractivity contribution in [2.24, 2.45) is 4.99 Å². The van der Waals surface area contributed by atoms with Crippen molar-refractivity contribution in [3.8, 4) is 0 Å². The lowest BCUT2D eigenvalue weighted by Crippen LogP contribution is -2.39. The second-order valence-electron chi connectivity index (χ2n) is 5.56. The van der Waals surface area contributed by atoms with E-state index < -0.39 is 21.8 Å². The van der Waals surface area contributed by atoms with Gasteiger partial charge in [0.1, 0.15) is 10.7 Å². The Morgan fingerprint density at radius 1 is 1.08 bits per heavy atom. The summed E-state index contributed by atoms with van der Waals surface area (Å²) in [6.07, 6.45) is -3.63. The highest BCUT2D eigenvalue weighted by Gasteiger charge is 2.36.